The number of aromatic nitrogens is 3. The first-order valence-corrected chi connectivity index (χ1v) is 8.37. The number of nitrogens with one attached hydrogen (secondary N) is 2. The van der Waals surface area contributed by atoms with E-state index in [0.29, 0.717) is 22.9 Å². The first-order chi connectivity index (χ1) is 12.0. The van der Waals surface area contributed by atoms with Crippen LogP contribution in [0.1, 0.15) is 33.4 Å². The van der Waals surface area contributed by atoms with Gasteiger partial charge in [-0.15, -0.1) is 0 Å². The molecule has 0 saturated heterocycles. The lowest BCUT2D eigenvalue weighted by molar-refractivity contribution is -0.114. The van der Waals surface area contributed by atoms with Crippen LogP contribution in [0.15, 0.2) is 23.3 Å². The highest BCUT2D eigenvalue weighted by Gasteiger charge is 2.41. The first kappa shape index (κ1) is 19.7. The van der Waals surface area contributed by atoms with Crippen LogP contribution in [0, 0.1) is 12.3 Å². The third-order valence-corrected chi connectivity index (χ3v) is 4.97. The third-order valence-electron chi connectivity index (χ3n) is 4.58. The number of nitrogen functional groups attached to an aromatic ring is 1. The zero-order valence-electron chi connectivity index (χ0n) is 15.4. The molecule has 0 fully saturated rings. The van der Waals surface area contributed by atoms with Crippen molar-refractivity contribution in [1.29, 1.82) is 0 Å². The van der Waals surface area contributed by atoms with Gasteiger partial charge in [-0.25, -0.2) is 9.97 Å². The molecule has 0 aliphatic carbocycles. The van der Waals surface area contributed by atoms with E-state index in [9.17, 15) is 9.59 Å². The fourth-order valence-corrected chi connectivity index (χ4v) is 2.80. The predicted molar refractivity (Wildman–Crippen MR) is 102 cm³/mol. The summed E-state index contributed by atoms with van der Waals surface area (Å²) in [6.07, 6.45) is 1.87. The van der Waals surface area contributed by atoms with Crippen LogP contribution < -0.4 is 21.9 Å². The van der Waals surface area contributed by atoms with Crippen molar-refractivity contribution in [2.75, 3.05) is 11.1 Å². The van der Waals surface area contributed by atoms with Crippen LogP contribution in [-0.2, 0) is 10.5 Å². The van der Waals surface area contributed by atoms with E-state index in [2.05, 4.69) is 20.6 Å². The molecule has 2 rings (SSSR count). The lowest BCUT2D eigenvalue weighted by atomic mass is 9.81. The van der Waals surface area contributed by atoms with Crippen molar-refractivity contribution < 1.29 is 4.79 Å². The second-order valence-corrected chi connectivity index (χ2v) is 7.58. The van der Waals surface area contributed by atoms with E-state index in [-0.39, 0.29) is 17.1 Å². The zero-order chi connectivity index (χ0) is 19.7. The van der Waals surface area contributed by atoms with Crippen molar-refractivity contribution in [3.63, 3.8) is 0 Å². The summed E-state index contributed by atoms with van der Waals surface area (Å²) >= 11 is 6.37. The second kappa shape index (κ2) is 6.95. The minimum Gasteiger partial charge on any atom is -0.384 e. The van der Waals surface area contributed by atoms with Gasteiger partial charge in [0.2, 0.25) is 6.41 Å². The van der Waals surface area contributed by atoms with Crippen molar-refractivity contribution in [1.82, 2.24) is 19.9 Å². The normalized spacial score (nSPS) is 13.8. The first-order valence-electron chi connectivity index (χ1n) is 8.00. The maximum atomic E-state index is 13.2. The van der Waals surface area contributed by atoms with E-state index < -0.39 is 11.1 Å². The van der Waals surface area contributed by atoms with Crippen molar-refractivity contribution in [2.24, 2.45) is 5.41 Å². The van der Waals surface area contributed by atoms with Gasteiger partial charge in [0.1, 0.15) is 29.3 Å². The van der Waals surface area contributed by atoms with Crippen LogP contribution in [0.2, 0.25) is 5.02 Å². The summed E-state index contributed by atoms with van der Waals surface area (Å²) < 4.78 is 1.48. The Labute approximate surface area is 156 Å². The number of hydrogen-bond acceptors (Lipinski definition) is 6. The lowest BCUT2D eigenvalue weighted by Gasteiger charge is -2.44. The van der Waals surface area contributed by atoms with Gasteiger partial charge < -0.3 is 16.4 Å². The molecule has 0 spiro atoms. The molecule has 0 radical (unpaired) electrons. The number of hydrogen-bond donors (Lipinski definition) is 3. The summed E-state index contributed by atoms with van der Waals surface area (Å²) in [5, 5.41) is 6.07. The van der Waals surface area contributed by atoms with E-state index in [4.69, 9.17) is 17.3 Å². The molecule has 0 saturated carbocycles. The molecule has 2 heterocycles. The van der Waals surface area contributed by atoms with Gasteiger partial charge in [-0.3, -0.25) is 14.2 Å². The molecule has 140 valence electrons. The fraction of sp³-hybridized carbons (Fsp3) is 0.412. The SMILES string of the molecule is Cc1c(Cl)cc(Nc2cc(N)ncn2)c(=O)n1C(C)(NC=O)C(C)(C)C. The van der Waals surface area contributed by atoms with Crippen LogP contribution in [0.3, 0.4) is 0 Å². The summed E-state index contributed by atoms with van der Waals surface area (Å²) in [4.78, 5) is 32.3. The van der Waals surface area contributed by atoms with Crippen LogP contribution in [0.25, 0.3) is 0 Å². The monoisotopic (exact) mass is 378 g/mol. The Bertz CT molecular complexity index is 890. The van der Waals surface area contributed by atoms with Gasteiger partial charge in [-0.1, -0.05) is 32.4 Å². The summed E-state index contributed by atoms with van der Waals surface area (Å²) in [5.74, 6) is 0.630. The highest BCUT2D eigenvalue weighted by Crippen LogP contribution is 2.36. The maximum Gasteiger partial charge on any atom is 0.276 e. The van der Waals surface area contributed by atoms with Gasteiger partial charge in [0, 0.05) is 17.2 Å². The smallest absolute Gasteiger partial charge is 0.276 e. The molecule has 0 aliphatic heterocycles. The van der Waals surface area contributed by atoms with E-state index in [1.807, 2.05) is 20.8 Å². The highest BCUT2D eigenvalue weighted by molar-refractivity contribution is 6.31. The van der Waals surface area contributed by atoms with E-state index >= 15 is 0 Å². The van der Waals surface area contributed by atoms with Crippen molar-refractivity contribution in [3.8, 4) is 0 Å². The largest absolute Gasteiger partial charge is 0.384 e. The lowest BCUT2D eigenvalue weighted by Crippen LogP contribution is -2.58. The number of halogens is 1. The molecule has 2 aromatic heterocycles. The molecular weight excluding hydrogens is 356 g/mol. The molecule has 8 nitrogen and oxygen atoms in total. The second-order valence-electron chi connectivity index (χ2n) is 7.17. The van der Waals surface area contributed by atoms with Gasteiger partial charge in [-0.2, -0.15) is 0 Å². The Kier molecular flexibility index (Phi) is 5.27. The molecule has 1 amide bonds. The van der Waals surface area contributed by atoms with Crippen molar-refractivity contribution >= 4 is 35.3 Å². The van der Waals surface area contributed by atoms with Crippen molar-refractivity contribution in [2.45, 2.75) is 40.3 Å². The van der Waals surface area contributed by atoms with Gasteiger partial charge in [0.05, 0.1) is 5.02 Å². The number of carbonyl (C=O) groups is 1. The number of pyridine rings is 1. The van der Waals surface area contributed by atoms with Gasteiger partial charge in [0.15, 0.2) is 0 Å². The van der Waals surface area contributed by atoms with Gasteiger partial charge in [-0.05, 0) is 19.9 Å². The van der Waals surface area contributed by atoms with Crippen LogP contribution in [-0.4, -0.2) is 20.9 Å². The molecule has 0 bridgehead atoms. The number of nitrogens with two attached hydrogens (primary N) is 1. The molecule has 2 aromatic rings. The highest BCUT2D eigenvalue weighted by atomic mass is 35.5. The molecule has 1 unspecified atom stereocenters. The Morgan fingerprint density at radius 1 is 1.23 bits per heavy atom. The summed E-state index contributed by atoms with van der Waals surface area (Å²) in [6, 6.07) is 3.03. The number of anilines is 3. The Morgan fingerprint density at radius 3 is 2.42 bits per heavy atom. The molecule has 1 atom stereocenters. The summed E-state index contributed by atoms with van der Waals surface area (Å²) in [6.45, 7) is 9.28. The quantitative estimate of drug-likeness (QED) is 0.688. The van der Waals surface area contributed by atoms with E-state index in [0.717, 1.165) is 0 Å². The van der Waals surface area contributed by atoms with E-state index in [1.165, 1.54) is 23.0 Å². The number of rotatable bonds is 5. The third kappa shape index (κ3) is 3.50. The summed E-state index contributed by atoms with van der Waals surface area (Å²) in [7, 11) is 0. The summed E-state index contributed by atoms with van der Waals surface area (Å²) in [5.41, 5.74) is 4.55. The molecule has 26 heavy (non-hydrogen) atoms. The Morgan fingerprint density at radius 2 is 1.88 bits per heavy atom. The van der Waals surface area contributed by atoms with Crippen LogP contribution >= 0.6 is 11.6 Å². The standard InChI is InChI=1S/C17H23ClN6O2/c1-10-11(18)6-12(23-14-7-13(19)20-8-21-14)15(26)24(10)17(5,22-9-25)16(2,3)4/h6-9H,1-5H3,(H,22,25)(H3,19,20,21,23). The Hall–Kier alpha value is -2.61. The molecule has 0 aliphatic rings. The molecule has 9 heteroatoms. The average molecular weight is 379 g/mol. The van der Waals surface area contributed by atoms with Gasteiger partial charge >= 0.3 is 0 Å². The number of carbonyl (C=O) groups excluding carboxylic acids is 1. The van der Waals surface area contributed by atoms with Crippen molar-refractivity contribution in [3.05, 3.63) is 39.5 Å². The number of amides is 1. The predicted octanol–water partition coefficient (Wildman–Crippen LogP) is 2.39. The van der Waals surface area contributed by atoms with E-state index in [1.54, 1.807) is 13.8 Å². The molecule has 4 N–H and O–H groups in total. The van der Waals surface area contributed by atoms with Gasteiger partial charge in [0.25, 0.3) is 5.56 Å². The Balaban J connectivity index is 2.69. The molecule has 0 aromatic carbocycles. The molecular formula is C17H23ClN6O2. The maximum absolute atomic E-state index is 13.2. The minimum absolute atomic E-state index is 0.210. The zero-order valence-corrected chi connectivity index (χ0v) is 16.2. The number of nitrogens with zero attached hydrogens (tertiary/aromatic N) is 3. The fourth-order valence-electron chi connectivity index (χ4n) is 2.61. The van der Waals surface area contributed by atoms with Crippen LogP contribution in [0.5, 0.6) is 0 Å². The average Bonchev–Trinajstić information content (AvgIpc) is 2.52. The minimum atomic E-state index is -1.01. The van der Waals surface area contributed by atoms with Crippen LogP contribution in [0.4, 0.5) is 17.3 Å². The topological polar surface area (TPSA) is 115 Å².